The van der Waals surface area contributed by atoms with Gasteiger partial charge in [0.1, 0.15) is 5.69 Å². The summed E-state index contributed by atoms with van der Waals surface area (Å²) >= 11 is 1.26. The van der Waals surface area contributed by atoms with Gasteiger partial charge in [-0.05, 0) is 18.1 Å². The standard InChI is InChI=1S/C17H20N4O2S/c1-11-8-20(3)14-6-4-5-7-15(14)21(9-11)16(23)13-10-24-17(19-13)18-12(2)22/h4-7,10-11H,8-9H2,1-3H3,(H,18,19,22). The van der Waals surface area contributed by atoms with Crippen molar-refractivity contribution in [3.63, 3.8) is 0 Å². The molecule has 0 radical (unpaired) electrons. The average Bonchev–Trinajstić information content (AvgIpc) is 2.94. The summed E-state index contributed by atoms with van der Waals surface area (Å²) in [6.45, 7) is 5.07. The van der Waals surface area contributed by atoms with Gasteiger partial charge in [-0.15, -0.1) is 11.3 Å². The number of carbonyl (C=O) groups is 2. The van der Waals surface area contributed by atoms with Crippen LogP contribution in [-0.4, -0.2) is 36.9 Å². The molecule has 6 nitrogen and oxygen atoms in total. The van der Waals surface area contributed by atoms with E-state index in [0.29, 0.717) is 23.3 Å². The van der Waals surface area contributed by atoms with Gasteiger partial charge in [-0.1, -0.05) is 19.1 Å². The number of benzene rings is 1. The van der Waals surface area contributed by atoms with E-state index in [-0.39, 0.29) is 11.8 Å². The number of thiazole rings is 1. The fourth-order valence-corrected chi connectivity index (χ4v) is 3.69. The van der Waals surface area contributed by atoms with Crippen LogP contribution >= 0.6 is 11.3 Å². The Morgan fingerprint density at radius 3 is 2.67 bits per heavy atom. The highest BCUT2D eigenvalue weighted by atomic mass is 32.1. The van der Waals surface area contributed by atoms with E-state index >= 15 is 0 Å². The van der Waals surface area contributed by atoms with Crippen LogP contribution in [-0.2, 0) is 4.79 Å². The third kappa shape index (κ3) is 3.26. The molecular weight excluding hydrogens is 324 g/mol. The monoisotopic (exact) mass is 344 g/mol. The lowest BCUT2D eigenvalue weighted by atomic mass is 10.1. The molecule has 1 atom stereocenters. The molecule has 126 valence electrons. The highest BCUT2D eigenvalue weighted by molar-refractivity contribution is 7.14. The third-order valence-corrected chi connectivity index (χ3v) is 4.67. The number of fused-ring (bicyclic) bond motifs is 1. The Balaban J connectivity index is 1.94. The van der Waals surface area contributed by atoms with E-state index in [9.17, 15) is 9.59 Å². The van der Waals surface area contributed by atoms with E-state index in [2.05, 4.69) is 22.1 Å². The van der Waals surface area contributed by atoms with Crippen molar-refractivity contribution >= 4 is 39.7 Å². The van der Waals surface area contributed by atoms with Gasteiger partial charge in [0.15, 0.2) is 5.13 Å². The Labute approximate surface area is 145 Å². The van der Waals surface area contributed by atoms with Crippen LogP contribution < -0.4 is 15.1 Å². The van der Waals surface area contributed by atoms with Gasteiger partial charge in [-0.3, -0.25) is 9.59 Å². The molecule has 1 aliphatic rings. The summed E-state index contributed by atoms with van der Waals surface area (Å²) in [4.78, 5) is 32.4. The number of hydrogen-bond donors (Lipinski definition) is 1. The maximum Gasteiger partial charge on any atom is 0.277 e. The lowest BCUT2D eigenvalue weighted by Crippen LogP contribution is -2.35. The van der Waals surface area contributed by atoms with Gasteiger partial charge in [0.05, 0.1) is 11.4 Å². The first-order valence-electron chi connectivity index (χ1n) is 7.81. The molecule has 0 aliphatic carbocycles. The number of para-hydroxylation sites is 2. The molecule has 7 heteroatoms. The van der Waals surface area contributed by atoms with E-state index in [1.807, 2.05) is 31.3 Å². The predicted octanol–water partition coefficient (Wildman–Crippen LogP) is 2.83. The van der Waals surface area contributed by atoms with Gasteiger partial charge in [-0.25, -0.2) is 4.98 Å². The van der Waals surface area contributed by atoms with Crippen LogP contribution in [0.15, 0.2) is 29.6 Å². The molecule has 1 aliphatic heterocycles. The lowest BCUT2D eigenvalue weighted by molar-refractivity contribution is -0.114. The topological polar surface area (TPSA) is 65.5 Å². The molecule has 2 heterocycles. The summed E-state index contributed by atoms with van der Waals surface area (Å²) in [6, 6.07) is 7.90. The summed E-state index contributed by atoms with van der Waals surface area (Å²) in [5.74, 6) is -0.00373. The van der Waals surface area contributed by atoms with Crippen molar-refractivity contribution in [2.75, 3.05) is 35.3 Å². The number of aromatic nitrogens is 1. The van der Waals surface area contributed by atoms with Crippen molar-refractivity contribution in [2.45, 2.75) is 13.8 Å². The summed E-state index contributed by atoms with van der Waals surface area (Å²) in [5, 5.41) is 4.75. The first-order valence-corrected chi connectivity index (χ1v) is 8.69. The van der Waals surface area contributed by atoms with Crippen LogP contribution in [0.2, 0.25) is 0 Å². The molecule has 0 saturated heterocycles. The molecule has 1 aromatic carbocycles. The zero-order valence-corrected chi connectivity index (χ0v) is 14.8. The summed E-state index contributed by atoms with van der Waals surface area (Å²) in [6.07, 6.45) is 0. The number of nitrogens with zero attached hydrogens (tertiary/aromatic N) is 3. The molecule has 0 saturated carbocycles. The number of amides is 2. The maximum atomic E-state index is 13.0. The van der Waals surface area contributed by atoms with Gasteiger partial charge in [0.25, 0.3) is 5.91 Å². The number of rotatable bonds is 2. The van der Waals surface area contributed by atoms with Gasteiger partial charge in [-0.2, -0.15) is 0 Å². The van der Waals surface area contributed by atoms with Crippen LogP contribution in [0.1, 0.15) is 24.3 Å². The number of anilines is 3. The van der Waals surface area contributed by atoms with E-state index < -0.39 is 0 Å². The van der Waals surface area contributed by atoms with Crippen LogP contribution in [0.3, 0.4) is 0 Å². The Morgan fingerprint density at radius 2 is 1.96 bits per heavy atom. The maximum absolute atomic E-state index is 13.0. The van der Waals surface area contributed by atoms with E-state index in [1.54, 1.807) is 10.3 Å². The summed E-state index contributed by atoms with van der Waals surface area (Å²) < 4.78 is 0. The van der Waals surface area contributed by atoms with Crippen LogP contribution in [0.25, 0.3) is 0 Å². The minimum Gasteiger partial charge on any atom is -0.373 e. The second-order valence-electron chi connectivity index (χ2n) is 6.11. The Bertz CT molecular complexity index is 773. The molecule has 0 bridgehead atoms. The molecule has 2 aromatic rings. The third-order valence-electron chi connectivity index (χ3n) is 3.91. The van der Waals surface area contributed by atoms with Crippen molar-refractivity contribution in [1.82, 2.24) is 4.98 Å². The van der Waals surface area contributed by atoms with Crippen molar-refractivity contribution < 1.29 is 9.59 Å². The van der Waals surface area contributed by atoms with E-state index in [0.717, 1.165) is 17.9 Å². The smallest absolute Gasteiger partial charge is 0.277 e. The number of hydrogen-bond acceptors (Lipinski definition) is 5. The van der Waals surface area contributed by atoms with Crippen molar-refractivity contribution in [3.8, 4) is 0 Å². The number of nitrogens with one attached hydrogen (secondary N) is 1. The molecule has 0 fully saturated rings. The second kappa shape index (κ2) is 6.60. The summed E-state index contributed by atoms with van der Waals surface area (Å²) in [5.41, 5.74) is 2.28. The Kier molecular flexibility index (Phi) is 4.53. The zero-order valence-electron chi connectivity index (χ0n) is 13.9. The molecule has 1 aromatic heterocycles. The van der Waals surface area contributed by atoms with Crippen molar-refractivity contribution in [1.29, 1.82) is 0 Å². The van der Waals surface area contributed by atoms with Gasteiger partial charge in [0.2, 0.25) is 5.91 Å². The normalized spacial score (nSPS) is 17.2. The van der Waals surface area contributed by atoms with E-state index in [1.165, 1.54) is 18.3 Å². The zero-order chi connectivity index (χ0) is 17.3. The Morgan fingerprint density at radius 1 is 1.25 bits per heavy atom. The first kappa shape index (κ1) is 16.4. The molecular formula is C17H20N4O2S. The Hall–Kier alpha value is -2.41. The lowest BCUT2D eigenvalue weighted by Gasteiger charge is -2.23. The number of carbonyl (C=O) groups excluding carboxylic acids is 2. The SMILES string of the molecule is CC(=O)Nc1nc(C(=O)N2CC(C)CN(C)c3ccccc32)cs1. The molecule has 2 amide bonds. The van der Waals surface area contributed by atoms with Crippen LogP contribution in [0.4, 0.5) is 16.5 Å². The highest BCUT2D eigenvalue weighted by Crippen LogP contribution is 2.33. The van der Waals surface area contributed by atoms with Crippen LogP contribution in [0.5, 0.6) is 0 Å². The van der Waals surface area contributed by atoms with Crippen molar-refractivity contribution in [3.05, 3.63) is 35.3 Å². The quantitative estimate of drug-likeness (QED) is 0.910. The molecule has 1 N–H and O–H groups in total. The first-order chi connectivity index (χ1) is 11.5. The molecule has 1 unspecified atom stereocenters. The predicted molar refractivity (Wildman–Crippen MR) is 97.0 cm³/mol. The average molecular weight is 344 g/mol. The fourth-order valence-electron chi connectivity index (χ4n) is 2.96. The fraction of sp³-hybridized carbons (Fsp3) is 0.353. The molecule has 24 heavy (non-hydrogen) atoms. The highest BCUT2D eigenvalue weighted by Gasteiger charge is 2.28. The van der Waals surface area contributed by atoms with Crippen LogP contribution in [0, 0.1) is 5.92 Å². The second-order valence-corrected chi connectivity index (χ2v) is 6.97. The van der Waals surface area contributed by atoms with E-state index in [4.69, 9.17) is 0 Å². The van der Waals surface area contributed by atoms with Crippen molar-refractivity contribution in [2.24, 2.45) is 5.92 Å². The molecule has 0 spiro atoms. The minimum atomic E-state index is -0.196. The molecule has 3 rings (SSSR count). The van der Waals surface area contributed by atoms with Gasteiger partial charge in [0, 0.05) is 32.4 Å². The summed E-state index contributed by atoms with van der Waals surface area (Å²) in [7, 11) is 2.04. The van der Waals surface area contributed by atoms with Gasteiger partial charge < -0.3 is 15.1 Å². The minimum absolute atomic E-state index is 0.141. The van der Waals surface area contributed by atoms with Gasteiger partial charge >= 0.3 is 0 Å². The largest absolute Gasteiger partial charge is 0.373 e.